The van der Waals surface area contributed by atoms with Crippen LogP contribution in [0.5, 0.6) is 0 Å². The average molecular weight is 326 g/mol. The number of rotatable bonds is 14. The Morgan fingerprint density at radius 2 is 1.57 bits per heavy atom. The normalized spacial score (nSPS) is 14.4. The van der Waals surface area contributed by atoms with Gasteiger partial charge in [0, 0.05) is 12.8 Å². The first-order valence-corrected chi connectivity index (χ1v) is 8.41. The number of hydrogen-bond donors (Lipinski definition) is 3. The fraction of sp³-hybridized carbons (Fsp3) is 0.667. The zero-order valence-corrected chi connectivity index (χ0v) is 14.0. The highest BCUT2D eigenvalue weighted by atomic mass is 16.4. The van der Waals surface area contributed by atoms with Crippen molar-refractivity contribution in [2.24, 2.45) is 0 Å². The van der Waals surface area contributed by atoms with Crippen LogP contribution in [0, 0.1) is 0 Å². The van der Waals surface area contributed by atoms with Crippen molar-refractivity contribution in [2.45, 2.75) is 76.9 Å². The molecule has 0 bridgehead atoms. The van der Waals surface area contributed by atoms with Gasteiger partial charge in [0.1, 0.15) is 0 Å². The fourth-order valence-electron chi connectivity index (χ4n) is 2.07. The van der Waals surface area contributed by atoms with Gasteiger partial charge >= 0.3 is 5.97 Å². The molecule has 3 N–H and O–H groups in total. The summed E-state index contributed by atoms with van der Waals surface area (Å²) in [6, 6.07) is 0. The van der Waals surface area contributed by atoms with E-state index >= 15 is 0 Å². The predicted molar refractivity (Wildman–Crippen MR) is 90.2 cm³/mol. The highest BCUT2D eigenvalue weighted by molar-refractivity contribution is 5.89. The quantitative estimate of drug-likeness (QED) is 0.259. The standard InChI is InChI=1S/C18H30O5/c1-2-3-7-11-16(20)17(21)14-13-15(19)10-8-5-4-6-9-12-18(22)23/h3,7,13-14,16-17,20-21H,2,4-6,8-12H2,1H3,(H,22,23)/b7-3+,14-13+. The van der Waals surface area contributed by atoms with Gasteiger partial charge in [-0.2, -0.15) is 0 Å². The Kier molecular flexibility index (Phi) is 13.3. The molecule has 2 unspecified atom stereocenters. The molecule has 0 aliphatic rings. The third-order valence-corrected chi connectivity index (χ3v) is 3.47. The number of carbonyl (C=O) groups is 2. The molecule has 5 heteroatoms. The molecule has 132 valence electrons. The minimum atomic E-state index is -1.03. The van der Waals surface area contributed by atoms with Gasteiger partial charge < -0.3 is 15.3 Å². The summed E-state index contributed by atoms with van der Waals surface area (Å²) in [6.07, 6.45) is 10.5. The van der Waals surface area contributed by atoms with Crippen molar-refractivity contribution < 1.29 is 24.9 Å². The lowest BCUT2D eigenvalue weighted by molar-refractivity contribution is -0.137. The summed E-state index contributed by atoms with van der Waals surface area (Å²) in [5.41, 5.74) is 0. The third kappa shape index (κ3) is 13.9. The first-order chi connectivity index (χ1) is 11.0. The van der Waals surface area contributed by atoms with Crippen LogP contribution in [0.3, 0.4) is 0 Å². The van der Waals surface area contributed by atoms with Crippen molar-refractivity contribution in [1.29, 1.82) is 0 Å². The number of carboxylic acids is 1. The van der Waals surface area contributed by atoms with Crippen molar-refractivity contribution in [2.75, 3.05) is 0 Å². The molecule has 0 amide bonds. The second kappa shape index (κ2) is 14.2. The number of aliphatic carboxylic acids is 1. The van der Waals surface area contributed by atoms with E-state index in [0.29, 0.717) is 19.3 Å². The van der Waals surface area contributed by atoms with Crippen molar-refractivity contribution >= 4 is 11.8 Å². The molecule has 5 nitrogen and oxygen atoms in total. The van der Waals surface area contributed by atoms with E-state index in [-0.39, 0.29) is 12.2 Å². The maximum absolute atomic E-state index is 11.6. The van der Waals surface area contributed by atoms with Gasteiger partial charge in [-0.25, -0.2) is 0 Å². The lowest BCUT2D eigenvalue weighted by atomic mass is 10.1. The highest BCUT2D eigenvalue weighted by Crippen LogP contribution is 2.08. The summed E-state index contributed by atoms with van der Waals surface area (Å²) in [5, 5.41) is 27.9. The number of hydrogen-bond acceptors (Lipinski definition) is 4. The number of allylic oxidation sites excluding steroid dienone is 2. The van der Waals surface area contributed by atoms with E-state index in [2.05, 4.69) is 0 Å². The zero-order valence-electron chi connectivity index (χ0n) is 14.0. The molecule has 0 rings (SSSR count). The van der Waals surface area contributed by atoms with E-state index in [4.69, 9.17) is 5.11 Å². The number of ketones is 1. The highest BCUT2D eigenvalue weighted by Gasteiger charge is 2.11. The number of aliphatic hydroxyl groups excluding tert-OH is 2. The smallest absolute Gasteiger partial charge is 0.303 e. The summed E-state index contributed by atoms with van der Waals surface area (Å²) in [7, 11) is 0. The Bertz CT molecular complexity index is 387. The van der Waals surface area contributed by atoms with Crippen LogP contribution in [0.4, 0.5) is 0 Å². The van der Waals surface area contributed by atoms with Crippen LogP contribution in [0.15, 0.2) is 24.3 Å². The molecular formula is C18H30O5. The van der Waals surface area contributed by atoms with E-state index < -0.39 is 18.2 Å². The first-order valence-electron chi connectivity index (χ1n) is 8.41. The van der Waals surface area contributed by atoms with Gasteiger partial charge in [-0.15, -0.1) is 0 Å². The van der Waals surface area contributed by atoms with Crippen molar-refractivity contribution in [1.82, 2.24) is 0 Å². The molecule has 0 aromatic rings. The molecule has 0 radical (unpaired) electrons. The van der Waals surface area contributed by atoms with Crippen LogP contribution < -0.4 is 0 Å². The second-order valence-corrected chi connectivity index (χ2v) is 5.66. The van der Waals surface area contributed by atoms with Gasteiger partial charge in [0.05, 0.1) is 12.2 Å². The molecule has 0 fully saturated rings. The molecule has 0 aliphatic carbocycles. The molecule has 0 spiro atoms. The van der Waals surface area contributed by atoms with Crippen LogP contribution in [0.2, 0.25) is 0 Å². The van der Waals surface area contributed by atoms with Gasteiger partial charge in [-0.3, -0.25) is 9.59 Å². The SMILES string of the molecule is CC/C=C/CC(O)C(O)/C=C/C(=O)CCCCCCCC(=O)O. The van der Waals surface area contributed by atoms with E-state index in [1.165, 1.54) is 12.2 Å². The Hall–Kier alpha value is -1.46. The molecule has 2 atom stereocenters. The van der Waals surface area contributed by atoms with Crippen LogP contribution in [0.1, 0.15) is 64.7 Å². The summed E-state index contributed by atoms with van der Waals surface area (Å²) < 4.78 is 0. The lowest BCUT2D eigenvalue weighted by Crippen LogP contribution is -2.23. The molecular weight excluding hydrogens is 296 g/mol. The Morgan fingerprint density at radius 3 is 2.17 bits per heavy atom. The molecule has 23 heavy (non-hydrogen) atoms. The monoisotopic (exact) mass is 326 g/mol. The van der Waals surface area contributed by atoms with Gasteiger partial charge in [0.15, 0.2) is 5.78 Å². The van der Waals surface area contributed by atoms with E-state index in [1.807, 2.05) is 19.1 Å². The van der Waals surface area contributed by atoms with E-state index in [9.17, 15) is 19.8 Å². The molecule has 0 aromatic heterocycles. The van der Waals surface area contributed by atoms with E-state index in [0.717, 1.165) is 32.1 Å². The molecule has 0 heterocycles. The summed E-state index contributed by atoms with van der Waals surface area (Å²) >= 11 is 0. The Morgan fingerprint density at radius 1 is 0.957 bits per heavy atom. The number of carbonyl (C=O) groups excluding carboxylic acids is 1. The molecule has 0 saturated heterocycles. The molecule has 0 aliphatic heterocycles. The number of aliphatic hydroxyl groups is 2. The molecule has 0 saturated carbocycles. The van der Waals surface area contributed by atoms with Crippen LogP contribution >= 0.6 is 0 Å². The lowest BCUT2D eigenvalue weighted by Gasteiger charge is -2.11. The van der Waals surface area contributed by atoms with Crippen LogP contribution in [0.25, 0.3) is 0 Å². The predicted octanol–water partition coefficient (Wildman–Crippen LogP) is 3.01. The minimum absolute atomic E-state index is 0.0640. The average Bonchev–Trinajstić information content (AvgIpc) is 2.51. The van der Waals surface area contributed by atoms with Gasteiger partial charge in [0.2, 0.25) is 0 Å². The largest absolute Gasteiger partial charge is 0.481 e. The maximum Gasteiger partial charge on any atom is 0.303 e. The Labute approximate surface area is 138 Å². The number of unbranched alkanes of at least 4 members (excludes halogenated alkanes) is 4. The van der Waals surface area contributed by atoms with Crippen molar-refractivity contribution in [3.05, 3.63) is 24.3 Å². The molecule has 0 aromatic carbocycles. The topological polar surface area (TPSA) is 94.8 Å². The summed E-state index contributed by atoms with van der Waals surface area (Å²) in [5.74, 6) is -0.831. The second-order valence-electron chi connectivity index (χ2n) is 5.66. The maximum atomic E-state index is 11.6. The Balaban J connectivity index is 3.75. The van der Waals surface area contributed by atoms with Crippen LogP contribution in [-0.2, 0) is 9.59 Å². The van der Waals surface area contributed by atoms with Gasteiger partial charge in [-0.1, -0.05) is 44.4 Å². The summed E-state index contributed by atoms with van der Waals surface area (Å²) in [6.45, 7) is 1.99. The van der Waals surface area contributed by atoms with Gasteiger partial charge in [-0.05, 0) is 31.8 Å². The number of carboxylic acid groups (broad SMARTS) is 1. The third-order valence-electron chi connectivity index (χ3n) is 3.47. The first kappa shape index (κ1) is 21.5. The van der Waals surface area contributed by atoms with Gasteiger partial charge in [0.25, 0.3) is 0 Å². The zero-order chi connectivity index (χ0) is 17.5. The van der Waals surface area contributed by atoms with Crippen molar-refractivity contribution in [3.8, 4) is 0 Å². The fourth-order valence-corrected chi connectivity index (χ4v) is 2.07. The van der Waals surface area contributed by atoms with Crippen molar-refractivity contribution in [3.63, 3.8) is 0 Å². The minimum Gasteiger partial charge on any atom is -0.481 e. The summed E-state index contributed by atoms with van der Waals surface area (Å²) in [4.78, 5) is 22.0. The van der Waals surface area contributed by atoms with E-state index in [1.54, 1.807) is 0 Å². The van der Waals surface area contributed by atoms with Crippen LogP contribution in [-0.4, -0.2) is 39.3 Å².